The lowest BCUT2D eigenvalue weighted by molar-refractivity contribution is 0.254. The predicted octanol–water partition coefficient (Wildman–Crippen LogP) is 4.73. The molecule has 2 aliphatic heterocycles. The normalized spacial score (nSPS) is 26.0. The Hall–Kier alpha value is -1.54. The first-order valence-electron chi connectivity index (χ1n) is 8.79. The van der Waals surface area contributed by atoms with Gasteiger partial charge in [0.05, 0.1) is 6.17 Å². The monoisotopic (exact) mass is 310 g/mol. The van der Waals surface area contributed by atoms with E-state index in [9.17, 15) is 0 Å². The highest BCUT2D eigenvalue weighted by molar-refractivity contribution is 5.65. The molecule has 0 aromatic heterocycles. The summed E-state index contributed by atoms with van der Waals surface area (Å²) in [5.41, 5.74) is 6.05. The lowest BCUT2D eigenvalue weighted by Crippen LogP contribution is -2.48. The third-order valence-electron chi connectivity index (χ3n) is 5.44. The SMILES string of the molecule is CC(C)=CCN1c2ccccc2[C@]2(CC=C(C)C)CCN(C)[C@H]12. The predicted molar refractivity (Wildman–Crippen MR) is 100.0 cm³/mol. The van der Waals surface area contributed by atoms with Crippen LogP contribution in [-0.2, 0) is 5.41 Å². The molecule has 0 aliphatic carbocycles. The second kappa shape index (κ2) is 6.16. The summed E-state index contributed by atoms with van der Waals surface area (Å²) in [7, 11) is 2.29. The van der Waals surface area contributed by atoms with Crippen LogP contribution in [0, 0.1) is 0 Å². The van der Waals surface area contributed by atoms with E-state index in [1.54, 1.807) is 5.56 Å². The van der Waals surface area contributed by atoms with E-state index < -0.39 is 0 Å². The summed E-state index contributed by atoms with van der Waals surface area (Å²) in [6.07, 6.45) is 7.67. The fraction of sp³-hybridized carbons (Fsp3) is 0.524. The summed E-state index contributed by atoms with van der Waals surface area (Å²) in [6.45, 7) is 11.0. The molecule has 0 radical (unpaired) electrons. The second-order valence-corrected chi connectivity index (χ2v) is 7.70. The van der Waals surface area contributed by atoms with Gasteiger partial charge in [-0.25, -0.2) is 0 Å². The van der Waals surface area contributed by atoms with Crippen LogP contribution < -0.4 is 4.90 Å². The van der Waals surface area contributed by atoms with Crippen molar-refractivity contribution in [3.63, 3.8) is 0 Å². The minimum atomic E-state index is 0.248. The molecule has 1 fully saturated rings. The smallest absolute Gasteiger partial charge is 0.0923 e. The van der Waals surface area contributed by atoms with Crippen LogP contribution in [0.25, 0.3) is 0 Å². The number of hydrogen-bond acceptors (Lipinski definition) is 2. The van der Waals surface area contributed by atoms with Gasteiger partial charge in [-0.15, -0.1) is 0 Å². The van der Waals surface area contributed by atoms with Gasteiger partial charge in [0.1, 0.15) is 0 Å². The van der Waals surface area contributed by atoms with Gasteiger partial charge >= 0.3 is 0 Å². The van der Waals surface area contributed by atoms with E-state index in [4.69, 9.17) is 0 Å². The average molecular weight is 310 g/mol. The first-order chi connectivity index (χ1) is 11.0. The Balaban J connectivity index is 2.07. The zero-order chi connectivity index (χ0) is 16.6. The van der Waals surface area contributed by atoms with Gasteiger partial charge in [-0.2, -0.15) is 0 Å². The zero-order valence-corrected chi connectivity index (χ0v) is 15.3. The molecule has 2 nitrogen and oxygen atoms in total. The lowest BCUT2D eigenvalue weighted by Gasteiger charge is -2.36. The second-order valence-electron chi connectivity index (χ2n) is 7.70. The van der Waals surface area contributed by atoms with Crippen LogP contribution in [0.5, 0.6) is 0 Å². The lowest BCUT2D eigenvalue weighted by atomic mass is 9.76. The van der Waals surface area contributed by atoms with Gasteiger partial charge in [-0.05, 0) is 59.2 Å². The molecule has 0 spiro atoms. The third-order valence-corrected chi connectivity index (χ3v) is 5.44. The van der Waals surface area contributed by atoms with Crippen LogP contribution in [-0.4, -0.2) is 31.2 Å². The third kappa shape index (κ3) is 2.74. The quantitative estimate of drug-likeness (QED) is 0.742. The highest BCUT2D eigenvalue weighted by Gasteiger charge is 2.55. The van der Waals surface area contributed by atoms with Crippen LogP contribution in [0.15, 0.2) is 47.6 Å². The van der Waals surface area contributed by atoms with Gasteiger partial charge < -0.3 is 4.90 Å². The van der Waals surface area contributed by atoms with Crippen LogP contribution in [0.4, 0.5) is 5.69 Å². The number of allylic oxidation sites excluding steroid dienone is 3. The van der Waals surface area contributed by atoms with E-state index in [1.807, 2.05) is 0 Å². The molecule has 0 N–H and O–H groups in total. The summed E-state index contributed by atoms with van der Waals surface area (Å²) in [6, 6.07) is 9.07. The van der Waals surface area contributed by atoms with Crippen LogP contribution in [0.3, 0.4) is 0 Å². The van der Waals surface area contributed by atoms with Crippen LogP contribution in [0.1, 0.15) is 46.1 Å². The minimum Gasteiger partial charge on any atom is -0.351 e. The molecule has 23 heavy (non-hydrogen) atoms. The molecule has 2 aliphatic rings. The number of fused-ring (bicyclic) bond motifs is 3. The summed E-state index contributed by atoms with van der Waals surface area (Å²) in [4.78, 5) is 5.17. The number of nitrogens with zero attached hydrogens (tertiary/aromatic N) is 2. The standard InChI is InChI=1S/C21H30N2/c1-16(2)10-12-21-13-15-22(5)20(21)23(14-11-17(3)4)19-9-7-6-8-18(19)21/h6-11,20H,12-15H2,1-5H3/t20-,21+/m1/s1. The molecule has 0 saturated carbocycles. The maximum Gasteiger partial charge on any atom is 0.0923 e. The maximum absolute atomic E-state index is 2.62. The van der Waals surface area contributed by atoms with Crippen molar-refractivity contribution in [3.05, 3.63) is 53.1 Å². The summed E-state index contributed by atoms with van der Waals surface area (Å²) >= 11 is 0. The van der Waals surface area contributed by atoms with Crippen molar-refractivity contribution in [2.45, 2.75) is 52.1 Å². The van der Waals surface area contributed by atoms with Crippen molar-refractivity contribution in [2.75, 3.05) is 25.0 Å². The summed E-state index contributed by atoms with van der Waals surface area (Å²) < 4.78 is 0. The number of benzene rings is 1. The molecule has 1 saturated heterocycles. The fourth-order valence-corrected chi connectivity index (χ4v) is 4.32. The first-order valence-corrected chi connectivity index (χ1v) is 8.79. The van der Waals surface area contributed by atoms with Gasteiger partial charge in [-0.1, -0.05) is 41.5 Å². The molecule has 2 heteroatoms. The molecular formula is C21H30N2. The highest BCUT2D eigenvalue weighted by Crippen LogP contribution is 2.53. The van der Waals surface area contributed by atoms with E-state index in [-0.39, 0.29) is 5.41 Å². The van der Waals surface area contributed by atoms with Gasteiger partial charge in [0.2, 0.25) is 0 Å². The van der Waals surface area contributed by atoms with E-state index in [0.29, 0.717) is 6.17 Å². The topological polar surface area (TPSA) is 6.48 Å². The van der Waals surface area contributed by atoms with E-state index in [1.165, 1.54) is 29.8 Å². The largest absolute Gasteiger partial charge is 0.351 e. The number of para-hydroxylation sites is 1. The van der Waals surface area contributed by atoms with Crippen LogP contribution in [0.2, 0.25) is 0 Å². The van der Waals surface area contributed by atoms with E-state index >= 15 is 0 Å². The molecule has 1 aromatic carbocycles. The summed E-state index contributed by atoms with van der Waals surface area (Å²) in [5, 5.41) is 0. The molecule has 0 amide bonds. The number of anilines is 1. The molecular weight excluding hydrogens is 280 g/mol. The van der Waals surface area contributed by atoms with Crippen molar-refractivity contribution in [1.82, 2.24) is 4.90 Å². The van der Waals surface area contributed by atoms with E-state index in [0.717, 1.165) is 13.0 Å². The van der Waals surface area contributed by atoms with Gasteiger partial charge in [0.15, 0.2) is 0 Å². The van der Waals surface area contributed by atoms with Crippen molar-refractivity contribution in [3.8, 4) is 0 Å². The zero-order valence-electron chi connectivity index (χ0n) is 15.3. The van der Waals surface area contributed by atoms with E-state index in [2.05, 4.69) is 81.0 Å². The Morgan fingerprint density at radius 3 is 2.52 bits per heavy atom. The Kier molecular flexibility index (Phi) is 4.37. The number of likely N-dealkylation sites (N-methyl/N-ethyl adjacent to an activating group) is 1. The molecule has 2 heterocycles. The van der Waals surface area contributed by atoms with Gasteiger partial charge in [0, 0.05) is 24.2 Å². The minimum absolute atomic E-state index is 0.248. The highest BCUT2D eigenvalue weighted by atomic mass is 15.4. The van der Waals surface area contributed by atoms with Crippen molar-refractivity contribution >= 4 is 5.69 Å². The van der Waals surface area contributed by atoms with Gasteiger partial charge in [0.25, 0.3) is 0 Å². The first kappa shape index (κ1) is 16.3. The Morgan fingerprint density at radius 2 is 1.83 bits per heavy atom. The van der Waals surface area contributed by atoms with Gasteiger partial charge in [-0.3, -0.25) is 4.90 Å². The number of hydrogen-bond donors (Lipinski definition) is 0. The Bertz CT molecular complexity index is 635. The average Bonchev–Trinajstić information content (AvgIpc) is 2.98. The maximum atomic E-state index is 2.62. The Labute approximate surface area is 141 Å². The number of rotatable bonds is 4. The molecule has 124 valence electrons. The van der Waals surface area contributed by atoms with Crippen molar-refractivity contribution in [1.29, 1.82) is 0 Å². The molecule has 2 atom stereocenters. The molecule has 0 bridgehead atoms. The fourth-order valence-electron chi connectivity index (χ4n) is 4.32. The number of likely N-dealkylation sites (tertiary alicyclic amines) is 1. The molecule has 1 aromatic rings. The summed E-state index contributed by atoms with van der Waals surface area (Å²) in [5.74, 6) is 0. The van der Waals surface area contributed by atoms with Crippen molar-refractivity contribution < 1.29 is 0 Å². The Morgan fingerprint density at radius 1 is 1.13 bits per heavy atom. The van der Waals surface area contributed by atoms with Crippen LogP contribution >= 0.6 is 0 Å². The molecule has 0 unspecified atom stereocenters. The van der Waals surface area contributed by atoms with Crippen molar-refractivity contribution in [2.24, 2.45) is 0 Å². The molecule has 3 rings (SSSR count).